The zero-order valence-corrected chi connectivity index (χ0v) is 12.1. The topological polar surface area (TPSA) is 76.6 Å². The Morgan fingerprint density at radius 2 is 2.29 bits per heavy atom. The largest absolute Gasteiger partial charge is 0.381 e. The van der Waals surface area contributed by atoms with E-state index in [1.165, 1.54) is 0 Å². The van der Waals surface area contributed by atoms with Crippen LogP contribution in [0.1, 0.15) is 19.8 Å². The molecule has 0 aromatic carbocycles. The smallest absolute Gasteiger partial charge is 0.323 e. The zero-order valence-electron chi connectivity index (χ0n) is 12.1. The van der Waals surface area contributed by atoms with Crippen LogP contribution in [0.2, 0.25) is 0 Å². The third-order valence-corrected chi connectivity index (χ3v) is 3.91. The van der Waals surface area contributed by atoms with Gasteiger partial charge in [0.25, 0.3) is 0 Å². The number of hydrogen-bond donors (Lipinski definition) is 1. The molecule has 3 heterocycles. The molecule has 2 fully saturated rings. The van der Waals surface area contributed by atoms with Crippen LogP contribution in [0.4, 0.5) is 10.6 Å². The van der Waals surface area contributed by atoms with Gasteiger partial charge in [-0.15, -0.1) is 5.10 Å². The second kappa shape index (κ2) is 5.95. The average molecular weight is 292 g/mol. The molecule has 0 radical (unpaired) electrons. The van der Waals surface area contributed by atoms with Crippen molar-refractivity contribution in [1.29, 1.82) is 0 Å². The van der Waals surface area contributed by atoms with E-state index < -0.39 is 0 Å². The molecule has 2 aliphatic rings. The maximum Gasteiger partial charge on any atom is 0.323 e. The van der Waals surface area contributed by atoms with Crippen molar-refractivity contribution in [2.75, 3.05) is 31.6 Å². The van der Waals surface area contributed by atoms with Gasteiger partial charge >= 0.3 is 6.03 Å². The summed E-state index contributed by atoms with van der Waals surface area (Å²) in [6, 6.07) is 3.31. The number of amides is 2. The fourth-order valence-electron chi connectivity index (χ4n) is 2.95. The Labute approximate surface area is 123 Å². The summed E-state index contributed by atoms with van der Waals surface area (Å²) >= 11 is 0. The molecule has 0 saturated carbocycles. The maximum absolute atomic E-state index is 12.4. The van der Waals surface area contributed by atoms with E-state index >= 15 is 0 Å². The molecule has 0 bridgehead atoms. The lowest BCUT2D eigenvalue weighted by Crippen LogP contribution is -2.59. The highest BCUT2D eigenvalue weighted by atomic mass is 16.5. The number of carbonyl (C=O) groups excluding carboxylic acids is 1. The highest BCUT2D eigenvalue weighted by Crippen LogP contribution is 2.31. The minimum atomic E-state index is -0.268. The zero-order chi connectivity index (χ0) is 14.7. The van der Waals surface area contributed by atoms with Crippen molar-refractivity contribution in [2.45, 2.75) is 31.5 Å². The molecular formula is C14H20N4O3. The molecule has 3 rings (SSSR count). The minimum Gasteiger partial charge on any atom is -0.381 e. The van der Waals surface area contributed by atoms with Gasteiger partial charge in [-0.3, -0.25) is 5.32 Å². The predicted molar refractivity (Wildman–Crippen MR) is 76.0 cm³/mol. The van der Waals surface area contributed by atoms with Crippen LogP contribution >= 0.6 is 0 Å². The average Bonchev–Trinajstić information content (AvgIpc) is 2.48. The van der Waals surface area contributed by atoms with E-state index in [4.69, 9.17) is 9.47 Å². The first kappa shape index (κ1) is 14.2. The molecule has 7 nitrogen and oxygen atoms in total. The lowest BCUT2D eigenvalue weighted by Gasteiger charge is -2.47. The molecule has 1 aromatic rings. The van der Waals surface area contributed by atoms with E-state index in [0.717, 1.165) is 12.8 Å². The molecule has 2 saturated heterocycles. The Balaban J connectivity index is 1.67. The lowest BCUT2D eigenvalue weighted by molar-refractivity contribution is -0.174. The quantitative estimate of drug-likeness (QED) is 0.843. The van der Waals surface area contributed by atoms with E-state index in [2.05, 4.69) is 15.5 Å². The number of urea groups is 1. The van der Waals surface area contributed by atoms with Crippen molar-refractivity contribution in [1.82, 2.24) is 15.1 Å². The van der Waals surface area contributed by atoms with Crippen LogP contribution in [0, 0.1) is 0 Å². The van der Waals surface area contributed by atoms with Gasteiger partial charge in [0.2, 0.25) is 0 Å². The lowest BCUT2D eigenvalue weighted by atomic mass is 9.91. The van der Waals surface area contributed by atoms with E-state index in [9.17, 15) is 4.79 Å². The molecule has 1 spiro atoms. The third kappa shape index (κ3) is 3.30. The van der Waals surface area contributed by atoms with Gasteiger partial charge in [-0.1, -0.05) is 0 Å². The van der Waals surface area contributed by atoms with Crippen LogP contribution in [-0.2, 0) is 9.47 Å². The van der Waals surface area contributed by atoms with Crippen LogP contribution in [-0.4, -0.2) is 59.1 Å². The number of nitrogens with zero attached hydrogens (tertiary/aromatic N) is 3. The van der Waals surface area contributed by atoms with Gasteiger partial charge in [0, 0.05) is 38.8 Å². The second-order valence-corrected chi connectivity index (χ2v) is 5.64. The van der Waals surface area contributed by atoms with Gasteiger partial charge in [0.15, 0.2) is 5.82 Å². The molecule has 2 amide bonds. The number of nitrogens with one attached hydrogen (secondary N) is 1. The third-order valence-electron chi connectivity index (χ3n) is 3.91. The summed E-state index contributed by atoms with van der Waals surface area (Å²) in [5, 5.41) is 10.4. The van der Waals surface area contributed by atoms with E-state index in [-0.39, 0.29) is 17.7 Å². The summed E-state index contributed by atoms with van der Waals surface area (Å²) < 4.78 is 11.5. The molecular weight excluding hydrogens is 272 g/mol. The SMILES string of the molecule is CC1CN(C(=O)Nc2cccnn2)CC2(CCOCC2)O1. The Morgan fingerprint density at radius 3 is 3.00 bits per heavy atom. The van der Waals surface area contributed by atoms with Crippen LogP contribution in [0.3, 0.4) is 0 Å². The van der Waals surface area contributed by atoms with E-state index in [1.807, 2.05) is 6.92 Å². The number of carbonyl (C=O) groups is 1. The fraction of sp³-hybridized carbons (Fsp3) is 0.643. The monoisotopic (exact) mass is 292 g/mol. The van der Waals surface area contributed by atoms with Gasteiger partial charge < -0.3 is 14.4 Å². The van der Waals surface area contributed by atoms with Crippen LogP contribution < -0.4 is 5.32 Å². The van der Waals surface area contributed by atoms with Crippen LogP contribution in [0.5, 0.6) is 0 Å². The van der Waals surface area contributed by atoms with Crippen molar-refractivity contribution in [2.24, 2.45) is 0 Å². The van der Waals surface area contributed by atoms with Crippen molar-refractivity contribution in [3.05, 3.63) is 18.3 Å². The second-order valence-electron chi connectivity index (χ2n) is 5.64. The molecule has 2 aliphatic heterocycles. The molecule has 7 heteroatoms. The van der Waals surface area contributed by atoms with E-state index in [0.29, 0.717) is 32.1 Å². The predicted octanol–water partition coefficient (Wildman–Crippen LogP) is 1.28. The summed E-state index contributed by atoms with van der Waals surface area (Å²) in [6.45, 7) is 4.54. The van der Waals surface area contributed by atoms with Crippen molar-refractivity contribution in [3.63, 3.8) is 0 Å². The van der Waals surface area contributed by atoms with Gasteiger partial charge in [0.1, 0.15) is 0 Å². The van der Waals surface area contributed by atoms with Crippen LogP contribution in [0.25, 0.3) is 0 Å². The molecule has 1 N–H and O–H groups in total. The Hall–Kier alpha value is -1.73. The number of aromatic nitrogens is 2. The Morgan fingerprint density at radius 1 is 1.48 bits per heavy atom. The first-order valence-corrected chi connectivity index (χ1v) is 7.26. The first-order valence-electron chi connectivity index (χ1n) is 7.26. The molecule has 1 unspecified atom stereocenters. The fourth-order valence-corrected chi connectivity index (χ4v) is 2.95. The molecule has 114 valence electrons. The minimum absolute atomic E-state index is 0.0180. The molecule has 0 aliphatic carbocycles. The molecule has 21 heavy (non-hydrogen) atoms. The maximum atomic E-state index is 12.4. The molecule has 1 atom stereocenters. The number of morpholine rings is 1. The summed E-state index contributed by atoms with van der Waals surface area (Å²) in [5.74, 6) is 0.461. The first-order chi connectivity index (χ1) is 10.2. The summed E-state index contributed by atoms with van der Waals surface area (Å²) in [5.41, 5.74) is -0.268. The molecule has 1 aromatic heterocycles. The number of hydrogen-bond acceptors (Lipinski definition) is 5. The van der Waals surface area contributed by atoms with Gasteiger partial charge in [-0.25, -0.2) is 4.79 Å². The van der Waals surface area contributed by atoms with Crippen molar-refractivity contribution < 1.29 is 14.3 Å². The number of anilines is 1. The number of ether oxygens (including phenoxy) is 2. The summed E-state index contributed by atoms with van der Waals surface area (Å²) in [7, 11) is 0. The van der Waals surface area contributed by atoms with Gasteiger partial charge in [-0.2, -0.15) is 5.10 Å². The Kier molecular flexibility index (Phi) is 4.03. The van der Waals surface area contributed by atoms with Crippen LogP contribution in [0.15, 0.2) is 18.3 Å². The van der Waals surface area contributed by atoms with Gasteiger partial charge in [0.05, 0.1) is 18.2 Å². The highest BCUT2D eigenvalue weighted by molar-refractivity contribution is 5.88. The number of rotatable bonds is 1. The van der Waals surface area contributed by atoms with Crippen molar-refractivity contribution >= 4 is 11.8 Å². The standard InChI is InChI=1S/C14H20N4O3/c1-11-9-18(10-14(21-11)4-7-20-8-5-14)13(19)16-12-3-2-6-15-17-12/h2-3,6,11H,4-5,7-10H2,1H3,(H,16,17,19). The van der Waals surface area contributed by atoms with Gasteiger partial charge in [-0.05, 0) is 19.1 Å². The van der Waals surface area contributed by atoms with Crippen molar-refractivity contribution in [3.8, 4) is 0 Å². The summed E-state index contributed by atoms with van der Waals surface area (Å²) in [4.78, 5) is 14.2. The highest BCUT2D eigenvalue weighted by Gasteiger charge is 2.42. The normalized spacial score (nSPS) is 24.8. The van der Waals surface area contributed by atoms with E-state index in [1.54, 1.807) is 23.2 Å². The summed E-state index contributed by atoms with van der Waals surface area (Å²) in [6.07, 6.45) is 3.24. The Bertz CT molecular complexity index is 490.